The van der Waals surface area contributed by atoms with Gasteiger partial charge in [-0.2, -0.15) is 4.98 Å². The van der Waals surface area contributed by atoms with Crippen molar-refractivity contribution in [1.82, 2.24) is 15.0 Å². The summed E-state index contributed by atoms with van der Waals surface area (Å²) in [6.07, 6.45) is 3.27. The number of aromatic nitrogens is 3. The molecule has 24 heavy (non-hydrogen) atoms. The van der Waals surface area contributed by atoms with Gasteiger partial charge in [-0.3, -0.25) is 14.6 Å². The number of hydrogen-bond acceptors (Lipinski definition) is 4. The Labute approximate surface area is 139 Å². The molecular weight excluding hydrogens is 304 g/mol. The number of rotatable bonds is 5. The van der Waals surface area contributed by atoms with Crippen LogP contribution >= 0.6 is 0 Å². The highest BCUT2D eigenvalue weighted by Crippen LogP contribution is 2.16. The number of aromatic amines is 2. The van der Waals surface area contributed by atoms with E-state index < -0.39 is 0 Å². The van der Waals surface area contributed by atoms with Crippen molar-refractivity contribution in [3.8, 4) is 0 Å². The number of anilines is 1. The number of carbonyl (C=O) groups excluding carboxylic acids is 1. The summed E-state index contributed by atoms with van der Waals surface area (Å²) in [5, 5.41) is 0.552. The van der Waals surface area contributed by atoms with Crippen molar-refractivity contribution in [2.75, 3.05) is 5.73 Å². The second-order valence-electron chi connectivity index (χ2n) is 6.20. The zero-order chi connectivity index (χ0) is 17.3. The topological polar surface area (TPSA) is 105 Å². The van der Waals surface area contributed by atoms with E-state index >= 15 is 0 Å². The number of carbonyl (C=O) groups is 1. The van der Waals surface area contributed by atoms with E-state index in [0.29, 0.717) is 17.5 Å². The van der Waals surface area contributed by atoms with Gasteiger partial charge in [-0.05, 0) is 24.0 Å². The molecule has 0 aliphatic rings. The monoisotopic (exact) mass is 324 g/mol. The van der Waals surface area contributed by atoms with Crippen LogP contribution in [0.3, 0.4) is 0 Å². The summed E-state index contributed by atoms with van der Waals surface area (Å²) in [6.45, 7) is 3.79. The van der Waals surface area contributed by atoms with Gasteiger partial charge in [-0.15, -0.1) is 0 Å². The summed E-state index contributed by atoms with van der Waals surface area (Å²) >= 11 is 0. The highest BCUT2D eigenvalue weighted by molar-refractivity contribution is 5.97. The standard InChI is InChI=1S/C18H20N4O2/c1-10(2)15(23)12-6-3-11(4-7-12)5-8-13-9-20-16-14(13)17(24)22-18(19)21-16/h3-4,6-7,9-10H,5,8H2,1-2H3,(H4,19,20,21,22,24). The minimum Gasteiger partial charge on any atom is -0.369 e. The number of nitrogens with one attached hydrogen (secondary N) is 2. The first-order valence-corrected chi connectivity index (χ1v) is 7.94. The number of H-pyrrole nitrogens is 2. The molecule has 3 aromatic rings. The summed E-state index contributed by atoms with van der Waals surface area (Å²) in [5.74, 6) is 0.244. The van der Waals surface area contributed by atoms with Crippen LogP contribution in [0.2, 0.25) is 0 Å². The average molecular weight is 324 g/mol. The highest BCUT2D eigenvalue weighted by atomic mass is 16.1. The molecule has 1 aromatic carbocycles. The smallest absolute Gasteiger partial charge is 0.262 e. The Morgan fingerprint density at radius 2 is 1.92 bits per heavy atom. The van der Waals surface area contributed by atoms with Gasteiger partial charge in [0.05, 0.1) is 5.39 Å². The van der Waals surface area contributed by atoms with E-state index in [1.165, 1.54) is 0 Å². The maximum Gasteiger partial charge on any atom is 0.262 e. The number of Topliss-reactive ketones (excluding diaryl/α,β-unsaturated/α-hetero) is 1. The maximum atomic E-state index is 12.0. The minimum absolute atomic E-state index is 0.00580. The number of hydrogen-bond donors (Lipinski definition) is 3. The third kappa shape index (κ3) is 3.08. The van der Waals surface area contributed by atoms with Gasteiger partial charge in [-0.25, -0.2) is 0 Å². The van der Waals surface area contributed by atoms with Crippen molar-refractivity contribution in [2.24, 2.45) is 5.92 Å². The molecule has 0 bridgehead atoms. The third-order valence-corrected chi connectivity index (χ3v) is 4.09. The largest absolute Gasteiger partial charge is 0.369 e. The number of nitrogens with two attached hydrogens (primary N) is 1. The predicted octanol–water partition coefficient (Wildman–Crippen LogP) is 2.46. The molecule has 0 fully saturated rings. The molecule has 2 heterocycles. The van der Waals surface area contributed by atoms with Gasteiger partial charge in [0.25, 0.3) is 5.56 Å². The van der Waals surface area contributed by atoms with E-state index in [1.807, 2.05) is 38.1 Å². The molecule has 0 aliphatic heterocycles. The van der Waals surface area contributed by atoms with Crippen molar-refractivity contribution >= 4 is 22.8 Å². The molecule has 6 nitrogen and oxygen atoms in total. The summed E-state index contributed by atoms with van der Waals surface area (Å²) < 4.78 is 0. The van der Waals surface area contributed by atoms with E-state index in [4.69, 9.17) is 5.73 Å². The lowest BCUT2D eigenvalue weighted by atomic mass is 9.98. The molecule has 4 N–H and O–H groups in total. The number of nitrogen functional groups attached to an aromatic ring is 1. The second kappa shape index (κ2) is 6.31. The van der Waals surface area contributed by atoms with Gasteiger partial charge >= 0.3 is 0 Å². The van der Waals surface area contributed by atoms with Crippen LogP contribution < -0.4 is 11.3 Å². The van der Waals surface area contributed by atoms with E-state index in [2.05, 4.69) is 15.0 Å². The number of benzene rings is 1. The van der Waals surface area contributed by atoms with Gasteiger partial charge in [0, 0.05) is 17.7 Å². The lowest BCUT2D eigenvalue weighted by molar-refractivity contribution is 0.0939. The Kier molecular flexibility index (Phi) is 4.20. The fourth-order valence-corrected chi connectivity index (χ4v) is 2.77. The number of fused-ring (bicyclic) bond motifs is 1. The second-order valence-corrected chi connectivity index (χ2v) is 6.20. The number of nitrogens with zero attached hydrogens (tertiary/aromatic N) is 1. The summed E-state index contributed by atoms with van der Waals surface area (Å²) in [5.41, 5.74) is 8.57. The van der Waals surface area contributed by atoms with E-state index in [9.17, 15) is 9.59 Å². The number of aryl methyl sites for hydroxylation is 2. The predicted molar refractivity (Wildman–Crippen MR) is 94.1 cm³/mol. The lowest BCUT2D eigenvalue weighted by Crippen LogP contribution is -2.11. The van der Waals surface area contributed by atoms with Crippen molar-refractivity contribution in [1.29, 1.82) is 0 Å². The molecule has 0 atom stereocenters. The van der Waals surface area contributed by atoms with Crippen LogP contribution in [-0.2, 0) is 12.8 Å². The van der Waals surface area contributed by atoms with Crippen molar-refractivity contribution in [2.45, 2.75) is 26.7 Å². The maximum absolute atomic E-state index is 12.0. The van der Waals surface area contributed by atoms with Gasteiger partial charge in [0.15, 0.2) is 5.78 Å². The van der Waals surface area contributed by atoms with Gasteiger partial charge in [0.1, 0.15) is 5.65 Å². The van der Waals surface area contributed by atoms with Crippen LogP contribution in [0.4, 0.5) is 5.95 Å². The quantitative estimate of drug-likeness (QED) is 0.627. The van der Waals surface area contributed by atoms with Crippen LogP contribution in [0, 0.1) is 5.92 Å². The Morgan fingerprint density at radius 1 is 1.21 bits per heavy atom. The Bertz CT molecular complexity index is 936. The SMILES string of the molecule is CC(C)C(=O)c1ccc(CCc2c[nH]c3nc(N)[nH]c(=O)c23)cc1. The van der Waals surface area contributed by atoms with Crippen LogP contribution in [0.1, 0.15) is 35.3 Å². The average Bonchev–Trinajstić information content (AvgIpc) is 2.95. The lowest BCUT2D eigenvalue weighted by Gasteiger charge is -2.06. The van der Waals surface area contributed by atoms with E-state index in [-0.39, 0.29) is 23.2 Å². The first kappa shape index (κ1) is 16.0. The molecule has 0 spiro atoms. The van der Waals surface area contributed by atoms with Crippen LogP contribution in [0.15, 0.2) is 35.3 Å². The summed E-state index contributed by atoms with van der Waals surface area (Å²) in [7, 11) is 0. The van der Waals surface area contributed by atoms with E-state index in [0.717, 1.165) is 23.1 Å². The van der Waals surface area contributed by atoms with Gasteiger partial charge in [-0.1, -0.05) is 38.1 Å². The molecule has 0 aliphatic carbocycles. The van der Waals surface area contributed by atoms with Crippen LogP contribution in [-0.4, -0.2) is 20.7 Å². The Morgan fingerprint density at radius 3 is 2.58 bits per heavy atom. The van der Waals surface area contributed by atoms with Gasteiger partial charge in [0.2, 0.25) is 5.95 Å². The highest BCUT2D eigenvalue weighted by Gasteiger charge is 2.12. The van der Waals surface area contributed by atoms with Crippen molar-refractivity contribution in [3.05, 3.63) is 57.5 Å². The first-order valence-electron chi connectivity index (χ1n) is 7.94. The zero-order valence-electron chi connectivity index (χ0n) is 13.7. The fourth-order valence-electron chi connectivity index (χ4n) is 2.77. The minimum atomic E-state index is -0.230. The normalized spacial score (nSPS) is 11.3. The molecule has 0 saturated heterocycles. The third-order valence-electron chi connectivity index (χ3n) is 4.09. The Balaban J connectivity index is 1.77. The molecule has 2 aromatic heterocycles. The number of ketones is 1. The molecule has 3 rings (SSSR count). The van der Waals surface area contributed by atoms with Crippen LogP contribution in [0.5, 0.6) is 0 Å². The Hall–Kier alpha value is -2.89. The summed E-state index contributed by atoms with van der Waals surface area (Å²) in [4.78, 5) is 33.6. The molecule has 0 radical (unpaired) electrons. The molecule has 0 amide bonds. The molecule has 6 heteroatoms. The molecular formula is C18H20N4O2. The zero-order valence-corrected chi connectivity index (χ0v) is 13.7. The summed E-state index contributed by atoms with van der Waals surface area (Å²) in [6, 6.07) is 7.65. The van der Waals surface area contributed by atoms with E-state index in [1.54, 1.807) is 6.20 Å². The van der Waals surface area contributed by atoms with Crippen molar-refractivity contribution < 1.29 is 4.79 Å². The molecule has 124 valence electrons. The van der Waals surface area contributed by atoms with Crippen LogP contribution in [0.25, 0.3) is 11.0 Å². The molecule has 0 unspecified atom stereocenters. The fraction of sp³-hybridized carbons (Fsp3) is 0.278. The first-order chi connectivity index (χ1) is 11.5. The molecule has 0 saturated carbocycles. The van der Waals surface area contributed by atoms with Gasteiger partial charge < -0.3 is 10.7 Å². The van der Waals surface area contributed by atoms with Crippen molar-refractivity contribution in [3.63, 3.8) is 0 Å².